The molecule has 1 aromatic heterocycles. The molecule has 0 atom stereocenters. The molecule has 2 aromatic carbocycles. The van der Waals surface area contributed by atoms with Crippen LogP contribution in [0.4, 0.5) is 13.9 Å². The Morgan fingerprint density at radius 2 is 1.81 bits per heavy atom. The molecular weight excluding hydrogens is 444 g/mol. The largest absolute Gasteiger partial charge is 0.493 e. The summed E-state index contributed by atoms with van der Waals surface area (Å²) in [7, 11) is 0. The summed E-state index contributed by atoms with van der Waals surface area (Å²) in [6.07, 6.45) is 0.153. The standard InChI is InChI=1S/C22H25F2N3O2S.ClH/c1-3-26(4-2)11-12-27(20(28)10-13-29-17-8-6-5-7-9-17)22-25-21-18(24)14-16(23)15-19(21)30-22;/h5-9,14-15H,3-4,10-13H2,1-2H3;1H. The van der Waals surface area contributed by atoms with E-state index in [1.807, 2.05) is 30.3 Å². The van der Waals surface area contributed by atoms with Gasteiger partial charge in [-0.15, -0.1) is 12.4 Å². The number of benzene rings is 2. The number of likely N-dealkylation sites (N-methyl/N-ethyl adjacent to an activating group) is 1. The predicted molar refractivity (Wildman–Crippen MR) is 123 cm³/mol. The molecule has 0 saturated carbocycles. The molecule has 0 aliphatic rings. The highest BCUT2D eigenvalue weighted by molar-refractivity contribution is 7.22. The predicted octanol–water partition coefficient (Wildman–Crippen LogP) is 5.14. The first-order valence-electron chi connectivity index (χ1n) is 9.98. The van der Waals surface area contributed by atoms with Crippen LogP contribution < -0.4 is 9.64 Å². The van der Waals surface area contributed by atoms with Crippen molar-refractivity contribution in [3.05, 3.63) is 54.1 Å². The van der Waals surface area contributed by atoms with E-state index in [4.69, 9.17) is 4.74 Å². The number of thiazole rings is 1. The van der Waals surface area contributed by atoms with Crippen LogP contribution in [0.5, 0.6) is 5.75 Å². The second kappa shape index (κ2) is 11.9. The van der Waals surface area contributed by atoms with E-state index in [1.54, 1.807) is 4.90 Å². The summed E-state index contributed by atoms with van der Waals surface area (Å²) in [6.45, 7) is 7.11. The number of amides is 1. The van der Waals surface area contributed by atoms with E-state index in [9.17, 15) is 13.6 Å². The molecule has 0 radical (unpaired) electrons. The normalized spacial score (nSPS) is 10.9. The van der Waals surface area contributed by atoms with Crippen LogP contribution in [-0.2, 0) is 4.79 Å². The quantitative estimate of drug-likeness (QED) is 0.412. The van der Waals surface area contributed by atoms with Crippen molar-refractivity contribution in [1.82, 2.24) is 9.88 Å². The molecule has 0 bridgehead atoms. The van der Waals surface area contributed by atoms with E-state index < -0.39 is 11.6 Å². The molecule has 31 heavy (non-hydrogen) atoms. The molecule has 0 unspecified atom stereocenters. The van der Waals surface area contributed by atoms with Gasteiger partial charge in [0, 0.05) is 19.2 Å². The Morgan fingerprint density at radius 1 is 1.10 bits per heavy atom. The molecule has 0 fully saturated rings. The zero-order valence-corrected chi connectivity index (χ0v) is 19.1. The van der Waals surface area contributed by atoms with E-state index >= 15 is 0 Å². The van der Waals surface area contributed by atoms with Gasteiger partial charge in [0.05, 0.1) is 17.7 Å². The van der Waals surface area contributed by atoms with Gasteiger partial charge in [0.1, 0.15) is 17.1 Å². The van der Waals surface area contributed by atoms with Crippen LogP contribution >= 0.6 is 23.7 Å². The highest BCUT2D eigenvalue weighted by atomic mass is 35.5. The second-order valence-corrected chi connectivity index (χ2v) is 7.72. The Labute approximate surface area is 191 Å². The van der Waals surface area contributed by atoms with Gasteiger partial charge in [0.2, 0.25) is 5.91 Å². The van der Waals surface area contributed by atoms with E-state index in [2.05, 4.69) is 23.7 Å². The lowest BCUT2D eigenvalue weighted by molar-refractivity contribution is -0.119. The maximum absolute atomic E-state index is 14.1. The number of fused-ring (bicyclic) bond motifs is 1. The minimum Gasteiger partial charge on any atom is -0.493 e. The molecular formula is C22H26ClF2N3O2S. The Hall–Kier alpha value is -2.29. The Bertz CT molecular complexity index is 984. The molecule has 0 spiro atoms. The summed E-state index contributed by atoms with van der Waals surface area (Å²) in [4.78, 5) is 21.0. The van der Waals surface area contributed by atoms with Crippen molar-refractivity contribution in [2.45, 2.75) is 20.3 Å². The molecule has 3 aromatic rings. The summed E-state index contributed by atoms with van der Waals surface area (Å²) in [5, 5.41) is 0.367. The highest BCUT2D eigenvalue weighted by Gasteiger charge is 2.22. The fourth-order valence-electron chi connectivity index (χ4n) is 3.08. The van der Waals surface area contributed by atoms with Crippen molar-refractivity contribution in [1.29, 1.82) is 0 Å². The fourth-order valence-corrected chi connectivity index (χ4v) is 4.13. The topological polar surface area (TPSA) is 45.7 Å². The van der Waals surface area contributed by atoms with Gasteiger partial charge in [0.15, 0.2) is 10.9 Å². The molecule has 3 rings (SSSR count). The summed E-state index contributed by atoms with van der Waals surface area (Å²) in [5.41, 5.74) is 0.0811. The maximum atomic E-state index is 14.1. The first-order valence-corrected chi connectivity index (χ1v) is 10.8. The van der Waals surface area contributed by atoms with Gasteiger partial charge >= 0.3 is 0 Å². The van der Waals surface area contributed by atoms with Crippen molar-refractivity contribution >= 4 is 45.0 Å². The molecule has 0 aliphatic carbocycles. The third kappa shape index (κ3) is 6.59. The number of halogens is 3. The van der Waals surface area contributed by atoms with Gasteiger partial charge < -0.3 is 9.64 Å². The minimum atomic E-state index is -0.726. The van der Waals surface area contributed by atoms with Gasteiger partial charge in [-0.25, -0.2) is 13.8 Å². The average Bonchev–Trinajstić information content (AvgIpc) is 3.16. The lowest BCUT2D eigenvalue weighted by Gasteiger charge is -2.24. The fraction of sp³-hybridized carbons (Fsp3) is 0.364. The molecule has 9 heteroatoms. The monoisotopic (exact) mass is 469 g/mol. The number of hydrogen-bond acceptors (Lipinski definition) is 5. The number of aromatic nitrogens is 1. The van der Waals surface area contributed by atoms with Crippen molar-refractivity contribution < 1.29 is 18.3 Å². The molecule has 0 aliphatic heterocycles. The van der Waals surface area contributed by atoms with Gasteiger partial charge in [-0.05, 0) is 31.3 Å². The molecule has 168 valence electrons. The SMILES string of the molecule is CCN(CC)CCN(C(=O)CCOc1ccccc1)c1nc2c(F)cc(F)cc2s1.Cl. The van der Waals surface area contributed by atoms with Gasteiger partial charge in [-0.1, -0.05) is 43.4 Å². The summed E-state index contributed by atoms with van der Waals surface area (Å²) in [5.74, 6) is -0.862. The van der Waals surface area contributed by atoms with Crippen molar-refractivity contribution in [3.63, 3.8) is 0 Å². The van der Waals surface area contributed by atoms with Crippen LogP contribution in [0.25, 0.3) is 10.2 Å². The van der Waals surface area contributed by atoms with Crippen LogP contribution in [0.1, 0.15) is 20.3 Å². The first kappa shape index (κ1) is 25.0. The van der Waals surface area contributed by atoms with Crippen molar-refractivity contribution in [2.75, 3.05) is 37.7 Å². The number of nitrogens with zero attached hydrogens (tertiary/aromatic N) is 3. The van der Waals surface area contributed by atoms with Crippen LogP contribution in [0.15, 0.2) is 42.5 Å². The van der Waals surface area contributed by atoms with Crippen LogP contribution in [0.2, 0.25) is 0 Å². The van der Waals surface area contributed by atoms with E-state index in [0.717, 1.165) is 30.5 Å². The minimum absolute atomic E-state index is 0. The zero-order valence-electron chi connectivity index (χ0n) is 17.5. The smallest absolute Gasteiger partial charge is 0.232 e. The van der Waals surface area contributed by atoms with E-state index in [0.29, 0.717) is 28.7 Å². The van der Waals surface area contributed by atoms with Crippen molar-refractivity contribution in [2.24, 2.45) is 0 Å². The highest BCUT2D eigenvalue weighted by Crippen LogP contribution is 2.31. The molecule has 0 saturated heterocycles. The number of hydrogen-bond donors (Lipinski definition) is 0. The average molecular weight is 470 g/mol. The maximum Gasteiger partial charge on any atom is 0.232 e. The molecule has 0 N–H and O–H groups in total. The van der Waals surface area contributed by atoms with Crippen LogP contribution in [0, 0.1) is 11.6 Å². The molecule has 1 heterocycles. The van der Waals surface area contributed by atoms with Gasteiger partial charge in [-0.2, -0.15) is 0 Å². The lowest BCUT2D eigenvalue weighted by Crippen LogP contribution is -2.39. The van der Waals surface area contributed by atoms with Crippen LogP contribution in [-0.4, -0.2) is 48.6 Å². The third-order valence-corrected chi connectivity index (χ3v) is 5.82. The zero-order chi connectivity index (χ0) is 21.5. The van der Waals surface area contributed by atoms with Crippen LogP contribution in [0.3, 0.4) is 0 Å². The lowest BCUT2D eigenvalue weighted by atomic mass is 10.3. The Kier molecular flexibility index (Phi) is 9.61. The Balaban J connectivity index is 0.00000341. The number of rotatable bonds is 10. The number of anilines is 1. The van der Waals surface area contributed by atoms with E-state index in [-0.39, 0.29) is 36.9 Å². The van der Waals surface area contributed by atoms with Gasteiger partial charge in [-0.3, -0.25) is 9.69 Å². The first-order chi connectivity index (χ1) is 14.5. The summed E-state index contributed by atoms with van der Waals surface area (Å²) in [6, 6.07) is 11.3. The second-order valence-electron chi connectivity index (χ2n) is 6.71. The van der Waals surface area contributed by atoms with E-state index in [1.165, 1.54) is 6.07 Å². The number of ether oxygens (including phenoxy) is 1. The molecule has 1 amide bonds. The number of carbonyl (C=O) groups excluding carboxylic acids is 1. The molecule has 5 nitrogen and oxygen atoms in total. The third-order valence-electron chi connectivity index (χ3n) is 4.80. The summed E-state index contributed by atoms with van der Waals surface area (Å²) < 4.78 is 33.7. The number of para-hydroxylation sites is 1. The van der Waals surface area contributed by atoms with Crippen molar-refractivity contribution in [3.8, 4) is 5.75 Å². The number of carbonyl (C=O) groups is 1. The summed E-state index contributed by atoms with van der Waals surface area (Å²) >= 11 is 1.11. The Morgan fingerprint density at radius 3 is 2.48 bits per heavy atom. The van der Waals surface area contributed by atoms with Gasteiger partial charge in [0.25, 0.3) is 0 Å².